The lowest BCUT2D eigenvalue weighted by Crippen LogP contribution is -1.83. The summed E-state index contributed by atoms with van der Waals surface area (Å²) >= 11 is 0. The first kappa shape index (κ1) is 14.4. The Labute approximate surface area is 141 Å². The van der Waals surface area contributed by atoms with Crippen LogP contribution in [-0.2, 0) is 0 Å². The molecule has 0 spiro atoms. The standard InChI is InChI=1S/C23H17N/c1-2-6-19(7-3-1)20-13-10-18(11-14-20)12-15-23-22-9-5-4-8-21(22)16-17-24-23/h1-17H/b15-12+. The molecular formula is C23H17N. The van der Waals surface area contributed by atoms with Crippen LogP contribution in [0.3, 0.4) is 0 Å². The number of fused-ring (bicyclic) bond motifs is 1. The van der Waals surface area contributed by atoms with E-state index in [1.165, 1.54) is 27.5 Å². The fourth-order valence-corrected chi connectivity index (χ4v) is 2.87. The molecule has 114 valence electrons. The Hall–Kier alpha value is -3.19. The van der Waals surface area contributed by atoms with Crippen molar-refractivity contribution in [2.75, 3.05) is 0 Å². The van der Waals surface area contributed by atoms with E-state index in [1.807, 2.05) is 18.3 Å². The Morgan fingerprint density at radius 2 is 1.29 bits per heavy atom. The van der Waals surface area contributed by atoms with Crippen molar-refractivity contribution in [3.8, 4) is 11.1 Å². The summed E-state index contributed by atoms with van der Waals surface area (Å²) < 4.78 is 0. The van der Waals surface area contributed by atoms with Gasteiger partial charge in [-0.3, -0.25) is 4.98 Å². The predicted octanol–water partition coefficient (Wildman–Crippen LogP) is 6.07. The predicted molar refractivity (Wildman–Crippen MR) is 103 cm³/mol. The molecule has 0 N–H and O–H groups in total. The number of pyridine rings is 1. The maximum atomic E-state index is 4.50. The van der Waals surface area contributed by atoms with E-state index in [4.69, 9.17) is 0 Å². The van der Waals surface area contributed by atoms with Crippen molar-refractivity contribution in [1.29, 1.82) is 0 Å². The van der Waals surface area contributed by atoms with E-state index < -0.39 is 0 Å². The molecule has 0 atom stereocenters. The molecule has 0 radical (unpaired) electrons. The van der Waals surface area contributed by atoms with Gasteiger partial charge in [0.15, 0.2) is 0 Å². The van der Waals surface area contributed by atoms with Crippen LogP contribution in [0.4, 0.5) is 0 Å². The summed E-state index contributed by atoms with van der Waals surface area (Å²) in [4.78, 5) is 4.50. The minimum atomic E-state index is 1.00. The number of benzene rings is 3. The Kier molecular flexibility index (Phi) is 3.91. The van der Waals surface area contributed by atoms with Gasteiger partial charge in [0, 0.05) is 11.6 Å². The number of rotatable bonds is 3. The lowest BCUT2D eigenvalue weighted by Gasteiger charge is -2.03. The average molecular weight is 307 g/mol. The smallest absolute Gasteiger partial charge is 0.0708 e. The zero-order chi connectivity index (χ0) is 16.2. The third kappa shape index (κ3) is 2.97. The minimum Gasteiger partial charge on any atom is -0.256 e. The Morgan fingerprint density at radius 1 is 0.583 bits per heavy atom. The first-order valence-corrected chi connectivity index (χ1v) is 8.07. The molecule has 0 amide bonds. The average Bonchev–Trinajstić information content (AvgIpc) is 2.67. The molecule has 0 aliphatic carbocycles. The third-order valence-corrected chi connectivity index (χ3v) is 4.16. The number of hydrogen-bond donors (Lipinski definition) is 0. The van der Waals surface area contributed by atoms with Crippen molar-refractivity contribution >= 4 is 22.9 Å². The normalized spacial score (nSPS) is 11.2. The van der Waals surface area contributed by atoms with Gasteiger partial charge in [-0.25, -0.2) is 0 Å². The lowest BCUT2D eigenvalue weighted by atomic mass is 10.0. The summed E-state index contributed by atoms with van der Waals surface area (Å²) in [5, 5.41) is 2.39. The van der Waals surface area contributed by atoms with Crippen LogP contribution in [0.25, 0.3) is 34.1 Å². The van der Waals surface area contributed by atoms with Gasteiger partial charge in [0.2, 0.25) is 0 Å². The molecule has 0 aliphatic rings. The van der Waals surface area contributed by atoms with Crippen molar-refractivity contribution in [2.45, 2.75) is 0 Å². The van der Waals surface area contributed by atoms with Crippen LogP contribution >= 0.6 is 0 Å². The second-order valence-corrected chi connectivity index (χ2v) is 5.74. The van der Waals surface area contributed by atoms with E-state index in [9.17, 15) is 0 Å². The molecule has 0 saturated carbocycles. The Balaban J connectivity index is 1.62. The van der Waals surface area contributed by atoms with Crippen molar-refractivity contribution in [2.24, 2.45) is 0 Å². The molecule has 1 nitrogen and oxygen atoms in total. The fourth-order valence-electron chi connectivity index (χ4n) is 2.87. The summed E-state index contributed by atoms with van der Waals surface area (Å²) in [6, 6.07) is 29.4. The van der Waals surface area contributed by atoms with Crippen LogP contribution in [-0.4, -0.2) is 4.98 Å². The quantitative estimate of drug-likeness (QED) is 0.447. The number of aromatic nitrogens is 1. The molecule has 4 aromatic rings. The molecule has 0 bridgehead atoms. The van der Waals surface area contributed by atoms with Gasteiger partial charge in [0.05, 0.1) is 5.69 Å². The highest BCUT2D eigenvalue weighted by molar-refractivity contribution is 5.91. The van der Waals surface area contributed by atoms with Gasteiger partial charge < -0.3 is 0 Å². The second-order valence-electron chi connectivity index (χ2n) is 5.74. The van der Waals surface area contributed by atoms with Crippen molar-refractivity contribution < 1.29 is 0 Å². The molecule has 3 aromatic carbocycles. The van der Waals surface area contributed by atoms with Crippen molar-refractivity contribution in [3.05, 3.63) is 102 Å². The van der Waals surface area contributed by atoms with Crippen LogP contribution in [0.1, 0.15) is 11.3 Å². The van der Waals surface area contributed by atoms with E-state index >= 15 is 0 Å². The third-order valence-electron chi connectivity index (χ3n) is 4.16. The number of nitrogens with zero attached hydrogens (tertiary/aromatic N) is 1. The summed E-state index contributed by atoms with van der Waals surface area (Å²) in [7, 11) is 0. The Morgan fingerprint density at radius 3 is 2.12 bits per heavy atom. The molecule has 1 aromatic heterocycles. The maximum absolute atomic E-state index is 4.50. The van der Waals surface area contributed by atoms with Gasteiger partial charge in [0.25, 0.3) is 0 Å². The summed E-state index contributed by atoms with van der Waals surface area (Å²) in [6.45, 7) is 0. The van der Waals surface area contributed by atoms with E-state index in [2.05, 4.69) is 89.9 Å². The summed E-state index contributed by atoms with van der Waals surface area (Å²) in [5.74, 6) is 0. The topological polar surface area (TPSA) is 12.9 Å². The highest BCUT2D eigenvalue weighted by atomic mass is 14.7. The monoisotopic (exact) mass is 307 g/mol. The maximum Gasteiger partial charge on any atom is 0.0708 e. The second kappa shape index (κ2) is 6.51. The van der Waals surface area contributed by atoms with Gasteiger partial charge in [-0.05, 0) is 34.2 Å². The lowest BCUT2D eigenvalue weighted by molar-refractivity contribution is 1.33. The van der Waals surface area contributed by atoms with E-state index in [0.29, 0.717) is 0 Å². The van der Waals surface area contributed by atoms with Crippen molar-refractivity contribution in [3.63, 3.8) is 0 Å². The van der Waals surface area contributed by atoms with Crippen LogP contribution in [0.2, 0.25) is 0 Å². The number of hydrogen-bond acceptors (Lipinski definition) is 1. The van der Waals surface area contributed by atoms with Crippen LogP contribution in [0.15, 0.2) is 91.1 Å². The first-order chi connectivity index (χ1) is 11.9. The SMILES string of the molecule is C(=C\c1nccc2ccccc12)/c1ccc(-c2ccccc2)cc1. The van der Waals surface area contributed by atoms with Crippen LogP contribution in [0, 0.1) is 0 Å². The van der Waals surface area contributed by atoms with Gasteiger partial charge in [0.1, 0.15) is 0 Å². The fraction of sp³-hybridized carbons (Fsp3) is 0. The molecule has 1 heterocycles. The molecule has 4 rings (SSSR count). The largest absolute Gasteiger partial charge is 0.256 e. The highest BCUT2D eigenvalue weighted by Gasteiger charge is 1.99. The minimum absolute atomic E-state index is 1.00. The zero-order valence-corrected chi connectivity index (χ0v) is 13.3. The molecular weight excluding hydrogens is 290 g/mol. The highest BCUT2D eigenvalue weighted by Crippen LogP contribution is 2.21. The first-order valence-electron chi connectivity index (χ1n) is 8.07. The molecule has 0 saturated heterocycles. The van der Waals surface area contributed by atoms with Crippen LogP contribution < -0.4 is 0 Å². The van der Waals surface area contributed by atoms with E-state index in [0.717, 1.165) is 5.69 Å². The van der Waals surface area contributed by atoms with Crippen molar-refractivity contribution in [1.82, 2.24) is 4.98 Å². The zero-order valence-electron chi connectivity index (χ0n) is 13.3. The van der Waals surface area contributed by atoms with Crippen LogP contribution in [0.5, 0.6) is 0 Å². The summed E-state index contributed by atoms with van der Waals surface area (Å²) in [5.41, 5.74) is 4.64. The summed E-state index contributed by atoms with van der Waals surface area (Å²) in [6.07, 6.45) is 6.06. The van der Waals surface area contributed by atoms with Gasteiger partial charge >= 0.3 is 0 Å². The molecule has 0 fully saturated rings. The molecule has 24 heavy (non-hydrogen) atoms. The Bertz CT molecular complexity index is 978. The van der Waals surface area contributed by atoms with Gasteiger partial charge in [-0.2, -0.15) is 0 Å². The van der Waals surface area contributed by atoms with E-state index in [1.54, 1.807) is 0 Å². The molecule has 1 heteroatoms. The molecule has 0 unspecified atom stereocenters. The van der Waals surface area contributed by atoms with Gasteiger partial charge in [-0.15, -0.1) is 0 Å². The van der Waals surface area contributed by atoms with Gasteiger partial charge in [-0.1, -0.05) is 84.9 Å². The molecule has 0 aliphatic heterocycles. The van der Waals surface area contributed by atoms with E-state index in [-0.39, 0.29) is 0 Å².